The second-order valence-corrected chi connectivity index (χ2v) is 13.5. The van der Waals surface area contributed by atoms with Crippen molar-refractivity contribution in [2.45, 2.75) is 51.9 Å². The standard InChI is InChI=1S/C36H42N5O5P/c1-26(2)45-47(42,46-27(3)4)25-44-22-21-28(5)41-24-39-33-34(37-23-38-35(33)41)40-36(29-13-9-7-10-14-29,30-15-11-8-12-16-30)31-17-19-32(43-6)20-18-31/h7-20,23-24,26-27H,5,21-22,25H2,1-4,6H3,(H,37,38,40). The Morgan fingerprint density at radius 1 is 0.851 bits per heavy atom. The molecule has 5 rings (SSSR count). The summed E-state index contributed by atoms with van der Waals surface area (Å²) in [6, 6.07) is 28.5. The van der Waals surface area contributed by atoms with E-state index >= 15 is 0 Å². The molecule has 246 valence electrons. The molecule has 0 aliphatic heterocycles. The molecule has 2 aromatic heterocycles. The molecule has 0 aliphatic rings. The minimum absolute atomic E-state index is 0.149. The summed E-state index contributed by atoms with van der Waals surface area (Å²) in [5, 5.41) is 3.79. The summed E-state index contributed by atoms with van der Waals surface area (Å²) >= 11 is 0. The third-order valence-electron chi connectivity index (χ3n) is 7.44. The fourth-order valence-electron chi connectivity index (χ4n) is 5.48. The van der Waals surface area contributed by atoms with Crippen LogP contribution >= 0.6 is 7.60 Å². The van der Waals surface area contributed by atoms with Gasteiger partial charge in [-0.1, -0.05) is 79.4 Å². The fourth-order valence-corrected chi connectivity index (χ4v) is 7.29. The smallest absolute Gasteiger partial charge is 0.356 e. The number of nitrogens with zero attached hydrogens (tertiary/aromatic N) is 4. The van der Waals surface area contributed by atoms with Crippen LogP contribution in [0.4, 0.5) is 5.82 Å². The van der Waals surface area contributed by atoms with E-state index in [1.807, 2.05) is 80.8 Å². The Kier molecular flexibility index (Phi) is 10.9. The number of nitrogens with one attached hydrogen (secondary N) is 1. The Labute approximate surface area is 276 Å². The van der Waals surface area contributed by atoms with Crippen molar-refractivity contribution in [2.24, 2.45) is 0 Å². The minimum atomic E-state index is -3.41. The van der Waals surface area contributed by atoms with Gasteiger partial charge in [-0.25, -0.2) is 15.0 Å². The molecule has 0 amide bonds. The van der Waals surface area contributed by atoms with Gasteiger partial charge in [-0.05, 0) is 56.5 Å². The zero-order valence-corrected chi connectivity index (χ0v) is 28.4. The molecular formula is C36H42N5O5P. The van der Waals surface area contributed by atoms with E-state index < -0.39 is 13.1 Å². The molecule has 0 bridgehead atoms. The van der Waals surface area contributed by atoms with Crippen LogP contribution in [0.15, 0.2) is 104 Å². The Hall–Kier alpha value is -4.34. The van der Waals surface area contributed by atoms with E-state index in [0.717, 1.165) is 22.4 Å². The predicted molar refractivity (Wildman–Crippen MR) is 186 cm³/mol. The third-order valence-corrected chi connectivity index (χ3v) is 9.43. The molecule has 11 heteroatoms. The average Bonchev–Trinajstić information content (AvgIpc) is 3.51. The maximum absolute atomic E-state index is 13.1. The van der Waals surface area contributed by atoms with E-state index in [1.54, 1.807) is 13.4 Å². The van der Waals surface area contributed by atoms with E-state index in [0.29, 0.717) is 29.1 Å². The van der Waals surface area contributed by atoms with Crippen LogP contribution in [0, 0.1) is 0 Å². The zero-order chi connectivity index (χ0) is 33.4. The number of imidazole rings is 1. The molecule has 0 aliphatic carbocycles. The SMILES string of the molecule is C=C(CCOCP(=O)(OC(C)C)OC(C)C)n1cnc2c(NC(c3ccccc3)(c3ccccc3)c3ccc(OC)cc3)ncnc21. The van der Waals surface area contributed by atoms with Gasteiger partial charge in [0.15, 0.2) is 17.0 Å². The Morgan fingerprint density at radius 2 is 1.43 bits per heavy atom. The number of benzene rings is 3. The number of rotatable bonds is 16. The Bertz CT molecular complexity index is 1760. The van der Waals surface area contributed by atoms with Crippen molar-refractivity contribution >= 4 is 30.3 Å². The largest absolute Gasteiger partial charge is 0.497 e. The highest BCUT2D eigenvalue weighted by atomic mass is 31.2. The first-order valence-corrected chi connectivity index (χ1v) is 17.3. The average molecular weight is 656 g/mol. The van der Waals surface area contributed by atoms with Crippen molar-refractivity contribution < 1.29 is 23.1 Å². The van der Waals surface area contributed by atoms with Crippen LogP contribution in [-0.2, 0) is 23.9 Å². The molecule has 0 saturated heterocycles. The topological polar surface area (TPSA) is 110 Å². The van der Waals surface area contributed by atoms with Gasteiger partial charge in [0, 0.05) is 12.1 Å². The predicted octanol–water partition coefficient (Wildman–Crippen LogP) is 8.12. The van der Waals surface area contributed by atoms with Crippen molar-refractivity contribution in [2.75, 3.05) is 25.4 Å². The Balaban J connectivity index is 1.46. The molecule has 0 atom stereocenters. The van der Waals surface area contributed by atoms with Gasteiger partial charge in [-0.2, -0.15) is 0 Å². The van der Waals surface area contributed by atoms with Crippen molar-refractivity contribution in [3.05, 3.63) is 121 Å². The van der Waals surface area contributed by atoms with Gasteiger partial charge < -0.3 is 23.8 Å². The third kappa shape index (κ3) is 7.80. The second-order valence-electron chi connectivity index (χ2n) is 11.6. The first-order valence-electron chi connectivity index (χ1n) is 15.6. The highest BCUT2D eigenvalue weighted by Crippen LogP contribution is 2.50. The summed E-state index contributed by atoms with van der Waals surface area (Å²) in [6.07, 6.45) is 2.97. The van der Waals surface area contributed by atoms with Gasteiger partial charge in [-0.15, -0.1) is 0 Å². The molecular weight excluding hydrogens is 613 g/mol. The second kappa shape index (κ2) is 15.0. The van der Waals surface area contributed by atoms with E-state index in [4.69, 9.17) is 23.5 Å². The number of hydrogen-bond acceptors (Lipinski definition) is 9. The van der Waals surface area contributed by atoms with Gasteiger partial charge in [0.05, 0.1) is 25.9 Å². The number of anilines is 1. The monoisotopic (exact) mass is 655 g/mol. The van der Waals surface area contributed by atoms with Crippen LogP contribution in [0.2, 0.25) is 0 Å². The van der Waals surface area contributed by atoms with Crippen LogP contribution < -0.4 is 10.1 Å². The van der Waals surface area contributed by atoms with Crippen LogP contribution in [0.3, 0.4) is 0 Å². The van der Waals surface area contributed by atoms with Crippen molar-refractivity contribution in [3.8, 4) is 5.75 Å². The van der Waals surface area contributed by atoms with Crippen LogP contribution in [0.25, 0.3) is 16.9 Å². The minimum Gasteiger partial charge on any atom is -0.497 e. The normalized spacial score (nSPS) is 12.1. The van der Waals surface area contributed by atoms with E-state index in [2.05, 4.69) is 58.3 Å². The van der Waals surface area contributed by atoms with Crippen molar-refractivity contribution in [1.82, 2.24) is 19.5 Å². The van der Waals surface area contributed by atoms with Gasteiger partial charge in [-0.3, -0.25) is 9.13 Å². The fraction of sp³-hybridized carbons (Fsp3) is 0.306. The summed E-state index contributed by atoms with van der Waals surface area (Å²) in [7, 11) is -1.75. The maximum Gasteiger partial charge on any atom is 0.356 e. The van der Waals surface area contributed by atoms with Crippen LogP contribution in [0.1, 0.15) is 50.8 Å². The zero-order valence-electron chi connectivity index (χ0n) is 27.5. The van der Waals surface area contributed by atoms with E-state index in [9.17, 15) is 4.57 Å². The molecule has 0 fully saturated rings. The molecule has 0 unspecified atom stereocenters. The first kappa shape index (κ1) is 34.0. The number of methoxy groups -OCH3 is 1. The lowest BCUT2D eigenvalue weighted by Crippen LogP contribution is -2.38. The highest BCUT2D eigenvalue weighted by molar-refractivity contribution is 7.53. The lowest BCUT2D eigenvalue weighted by Gasteiger charge is -2.37. The van der Waals surface area contributed by atoms with Crippen molar-refractivity contribution in [1.29, 1.82) is 0 Å². The van der Waals surface area contributed by atoms with Gasteiger partial charge in [0.1, 0.15) is 30.3 Å². The lowest BCUT2D eigenvalue weighted by atomic mass is 9.77. The molecule has 1 N–H and O–H groups in total. The summed E-state index contributed by atoms with van der Waals surface area (Å²) in [5.41, 5.74) is 4.06. The summed E-state index contributed by atoms with van der Waals surface area (Å²) in [4.78, 5) is 14.0. The number of fused-ring (bicyclic) bond motifs is 1. The van der Waals surface area contributed by atoms with Crippen LogP contribution in [-0.4, -0.2) is 51.8 Å². The maximum atomic E-state index is 13.1. The molecule has 3 aromatic carbocycles. The lowest BCUT2D eigenvalue weighted by molar-refractivity contribution is 0.100. The molecule has 0 spiro atoms. The summed E-state index contributed by atoms with van der Waals surface area (Å²) in [6.45, 7) is 11.8. The molecule has 5 aromatic rings. The molecule has 47 heavy (non-hydrogen) atoms. The molecule has 0 saturated carbocycles. The highest BCUT2D eigenvalue weighted by Gasteiger charge is 2.38. The van der Waals surface area contributed by atoms with Gasteiger partial charge in [0.25, 0.3) is 0 Å². The van der Waals surface area contributed by atoms with Gasteiger partial charge >= 0.3 is 7.60 Å². The van der Waals surface area contributed by atoms with Crippen molar-refractivity contribution in [3.63, 3.8) is 0 Å². The summed E-state index contributed by atoms with van der Waals surface area (Å²) < 4.78 is 37.4. The quantitative estimate of drug-likeness (QED) is 0.0640. The van der Waals surface area contributed by atoms with Gasteiger partial charge in [0.2, 0.25) is 0 Å². The Morgan fingerprint density at radius 3 is 1.98 bits per heavy atom. The number of aromatic nitrogens is 4. The molecule has 10 nitrogen and oxygen atoms in total. The molecule has 2 heterocycles. The summed E-state index contributed by atoms with van der Waals surface area (Å²) in [5.74, 6) is 1.32. The first-order chi connectivity index (χ1) is 22.6. The number of hydrogen-bond donors (Lipinski definition) is 1. The van der Waals surface area contributed by atoms with E-state index in [1.165, 1.54) is 6.33 Å². The van der Waals surface area contributed by atoms with E-state index in [-0.39, 0.29) is 25.2 Å². The molecule has 0 radical (unpaired) electrons. The number of ether oxygens (including phenoxy) is 2. The van der Waals surface area contributed by atoms with Crippen LogP contribution in [0.5, 0.6) is 5.75 Å².